The van der Waals surface area contributed by atoms with Gasteiger partial charge in [0, 0.05) is 24.7 Å². The molecule has 0 heterocycles. The lowest BCUT2D eigenvalue weighted by molar-refractivity contribution is -0.114. The van der Waals surface area contributed by atoms with Crippen molar-refractivity contribution in [2.45, 2.75) is 13.3 Å². The Kier molecular flexibility index (Phi) is 3.16. The van der Waals surface area contributed by atoms with E-state index < -0.39 is 0 Å². The van der Waals surface area contributed by atoms with Crippen LogP contribution in [0.5, 0.6) is 0 Å². The van der Waals surface area contributed by atoms with E-state index in [4.69, 9.17) is 11.0 Å². The van der Waals surface area contributed by atoms with Gasteiger partial charge in [-0.15, -0.1) is 0 Å². The van der Waals surface area contributed by atoms with E-state index in [0.29, 0.717) is 17.7 Å². The zero-order valence-corrected chi connectivity index (χ0v) is 10.0. The van der Waals surface area contributed by atoms with Crippen molar-refractivity contribution in [1.82, 2.24) is 0 Å². The van der Waals surface area contributed by atoms with Crippen LogP contribution in [0, 0.1) is 11.3 Å². The second-order valence-electron chi connectivity index (χ2n) is 4.09. The number of carbonyl (C=O) groups is 1. The molecule has 4 nitrogen and oxygen atoms in total. The summed E-state index contributed by atoms with van der Waals surface area (Å²) in [5.74, 6) is -0.107. The number of hydrogen-bond donors (Lipinski definition) is 2. The highest BCUT2D eigenvalue weighted by atomic mass is 16.1. The van der Waals surface area contributed by atoms with Gasteiger partial charge in [0.2, 0.25) is 5.91 Å². The number of amides is 1. The molecular formula is C14H13N3O. The van der Waals surface area contributed by atoms with Crippen LogP contribution in [0.15, 0.2) is 41.6 Å². The van der Waals surface area contributed by atoms with E-state index in [1.54, 1.807) is 12.1 Å². The quantitative estimate of drug-likeness (QED) is 0.830. The van der Waals surface area contributed by atoms with Crippen LogP contribution in [0.4, 0.5) is 5.69 Å². The summed E-state index contributed by atoms with van der Waals surface area (Å²) in [6.45, 7) is 1.46. The lowest BCUT2D eigenvalue weighted by Crippen LogP contribution is -2.05. The molecule has 0 saturated heterocycles. The minimum absolute atomic E-state index is 0.107. The third kappa shape index (κ3) is 2.25. The van der Waals surface area contributed by atoms with Gasteiger partial charge in [0.15, 0.2) is 0 Å². The minimum Gasteiger partial charge on any atom is -0.401 e. The van der Waals surface area contributed by atoms with Gasteiger partial charge < -0.3 is 11.1 Å². The van der Waals surface area contributed by atoms with Gasteiger partial charge in [0.05, 0.1) is 5.57 Å². The predicted octanol–water partition coefficient (Wildman–Crippen LogP) is 2.17. The summed E-state index contributed by atoms with van der Waals surface area (Å²) < 4.78 is 0. The fraction of sp³-hybridized carbons (Fsp3) is 0.143. The molecule has 1 amide bonds. The van der Waals surface area contributed by atoms with Crippen molar-refractivity contribution in [1.29, 1.82) is 5.26 Å². The minimum atomic E-state index is -0.107. The highest BCUT2D eigenvalue weighted by Crippen LogP contribution is 2.31. The molecule has 0 bridgehead atoms. The molecular weight excluding hydrogens is 226 g/mol. The normalized spacial score (nSPS) is 14.1. The Balaban J connectivity index is 2.27. The van der Waals surface area contributed by atoms with E-state index in [1.165, 1.54) is 6.92 Å². The second-order valence-corrected chi connectivity index (χ2v) is 4.09. The van der Waals surface area contributed by atoms with Gasteiger partial charge in [0.1, 0.15) is 6.07 Å². The molecule has 0 spiro atoms. The third-order valence-electron chi connectivity index (χ3n) is 2.74. The zero-order chi connectivity index (χ0) is 13.1. The molecule has 0 aromatic heterocycles. The lowest BCUT2D eigenvalue weighted by atomic mass is 10.0. The molecule has 1 aromatic carbocycles. The summed E-state index contributed by atoms with van der Waals surface area (Å²) in [7, 11) is 0. The smallest absolute Gasteiger partial charge is 0.221 e. The topological polar surface area (TPSA) is 78.9 Å². The van der Waals surface area contributed by atoms with Crippen LogP contribution >= 0.6 is 0 Å². The molecule has 1 aliphatic rings. The number of hydrogen-bond acceptors (Lipinski definition) is 3. The van der Waals surface area contributed by atoms with Crippen molar-refractivity contribution in [3.05, 3.63) is 47.2 Å². The van der Waals surface area contributed by atoms with Crippen molar-refractivity contribution >= 4 is 17.2 Å². The SMILES string of the molecule is CC(=O)Nc1ccc(C2=CCC(N)=C2C#N)cc1. The maximum Gasteiger partial charge on any atom is 0.221 e. The van der Waals surface area contributed by atoms with E-state index in [2.05, 4.69) is 11.4 Å². The highest BCUT2D eigenvalue weighted by Gasteiger charge is 2.16. The summed E-state index contributed by atoms with van der Waals surface area (Å²) in [6.07, 6.45) is 2.56. The number of allylic oxidation sites excluding steroid dienone is 3. The van der Waals surface area contributed by atoms with Crippen LogP contribution in [0.1, 0.15) is 18.9 Å². The summed E-state index contributed by atoms with van der Waals surface area (Å²) in [5.41, 5.74) is 9.45. The maximum absolute atomic E-state index is 10.9. The van der Waals surface area contributed by atoms with E-state index in [0.717, 1.165) is 16.8 Å². The molecule has 0 aliphatic heterocycles. The molecule has 0 saturated carbocycles. The van der Waals surface area contributed by atoms with E-state index in [-0.39, 0.29) is 5.91 Å². The first kappa shape index (κ1) is 11.9. The Hall–Kier alpha value is -2.54. The molecule has 0 fully saturated rings. The Labute approximate surface area is 105 Å². The average molecular weight is 239 g/mol. The average Bonchev–Trinajstić information content (AvgIpc) is 2.70. The maximum atomic E-state index is 10.9. The first-order valence-corrected chi connectivity index (χ1v) is 5.59. The number of nitrogens with one attached hydrogen (secondary N) is 1. The number of nitrogens with zero attached hydrogens (tertiary/aromatic N) is 1. The molecule has 90 valence electrons. The number of benzene rings is 1. The Morgan fingerprint density at radius 2 is 2.06 bits per heavy atom. The predicted molar refractivity (Wildman–Crippen MR) is 70.2 cm³/mol. The van der Waals surface area contributed by atoms with Crippen LogP contribution in [0.25, 0.3) is 5.57 Å². The van der Waals surface area contributed by atoms with Crippen molar-refractivity contribution in [2.24, 2.45) is 5.73 Å². The molecule has 3 N–H and O–H groups in total. The van der Waals surface area contributed by atoms with Crippen molar-refractivity contribution in [2.75, 3.05) is 5.32 Å². The summed E-state index contributed by atoms with van der Waals surface area (Å²) in [6, 6.07) is 9.48. The summed E-state index contributed by atoms with van der Waals surface area (Å²) in [5, 5.41) is 11.8. The standard InChI is InChI=1S/C14H13N3O/c1-9(18)17-11-4-2-10(3-5-11)12-6-7-14(16)13(12)8-15/h2-6H,7,16H2,1H3,(H,17,18). The summed E-state index contributed by atoms with van der Waals surface area (Å²) >= 11 is 0. The van der Waals surface area contributed by atoms with E-state index >= 15 is 0 Å². The third-order valence-corrected chi connectivity index (χ3v) is 2.74. The molecule has 0 radical (unpaired) electrons. The molecule has 4 heteroatoms. The van der Waals surface area contributed by atoms with Crippen molar-refractivity contribution in [3.8, 4) is 6.07 Å². The fourth-order valence-corrected chi connectivity index (χ4v) is 1.92. The molecule has 1 aliphatic carbocycles. The molecule has 18 heavy (non-hydrogen) atoms. The van der Waals surface area contributed by atoms with E-state index in [9.17, 15) is 4.79 Å². The van der Waals surface area contributed by atoms with Crippen LogP contribution in [-0.2, 0) is 4.79 Å². The van der Waals surface area contributed by atoms with Gasteiger partial charge in [-0.05, 0) is 23.3 Å². The largest absolute Gasteiger partial charge is 0.401 e. The fourth-order valence-electron chi connectivity index (χ4n) is 1.92. The van der Waals surface area contributed by atoms with Crippen molar-refractivity contribution in [3.63, 3.8) is 0 Å². The Bertz CT molecular complexity index is 588. The van der Waals surface area contributed by atoms with Gasteiger partial charge >= 0.3 is 0 Å². The van der Waals surface area contributed by atoms with Crippen molar-refractivity contribution < 1.29 is 4.79 Å². The molecule has 1 aromatic rings. The van der Waals surface area contributed by atoms with Crippen LogP contribution in [-0.4, -0.2) is 5.91 Å². The van der Waals surface area contributed by atoms with Gasteiger partial charge in [0.25, 0.3) is 0 Å². The van der Waals surface area contributed by atoms with Gasteiger partial charge in [-0.3, -0.25) is 4.79 Å². The number of anilines is 1. The number of nitrogens with two attached hydrogens (primary N) is 1. The summed E-state index contributed by atoms with van der Waals surface area (Å²) in [4.78, 5) is 10.9. The second kappa shape index (κ2) is 4.76. The van der Waals surface area contributed by atoms with Crippen LogP contribution in [0.2, 0.25) is 0 Å². The number of rotatable bonds is 2. The van der Waals surface area contributed by atoms with Crippen LogP contribution in [0.3, 0.4) is 0 Å². The first-order valence-electron chi connectivity index (χ1n) is 5.59. The van der Waals surface area contributed by atoms with Crippen LogP contribution < -0.4 is 11.1 Å². The van der Waals surface area contributed by atoms with Gasteiger partial charge in [-0.25, -0.2) is 0 Å². The molecule has 0 atom stereocenters. The lowest BCUT2D eigenvalue weighted by Gasteiger charge is -2.06. The Morgan fingerprint density at radius 3 is 2.61 bits per heavy atom. The monoisotopic (exact) mass is 239 g/mol. The van der Waals surface area contributed by atoms with Gasteiger partial charge in [-0.1, -0.05) is 18.2 Å². The van der Waals surface area contributed by atoms with Gasteiger partial charge in [-0.2, -0.15) is 5.26 Å². The molecule has 2 rings (SSSR count). The highest BCUT2D eigenvalue weighted by molar-refractivity contribution is 5.90. The van der Waals surface area contributed by atoms with E-state index in [1.807, 2.05) is 18.2 Å². The molecule has 0 unspecified atom stereocenters. The Morgan fingerprint density at radius 1 is 1.39 bits per heavy atom. The number of carbonyl (C=O) groups excluding carboxylic acids is 1. The number of nitriles is 1. The first-order chi connectivity index (χ1) is 8.61. The zero-order valence-electron chi connectivity index (χ0n) is 10.0.